The molecule has 5 rings (SSSR count). The minimum atomic E-state index is -0.145. The molecule has 3 aliphatic rings. The van der Waals surface area contributed by atoms with E-state index < -0.39 is 0 Å². The van der Waals surface area contributed by atoms with Gasteiger partial charge in [-0.15, -0.1) is 0 Å². The van der Waals surface area contributed by atoms with E-state index in [4.69, 9.17) is 14.2 Å². The van der Waals surface area contributed by atoms with Crippen molar-refractivity contribution in [2.75, 3.05) is 65.7 Å². The Morgan fingerprint density at radius 3 is 2.61 bits per heavy atom. The molecule has 0 unspecified atom stereocenters. The molecule has 0 aromatic heterocycles. The van der Waals surface area contributed by atoms with Gasteiger partial charge in [-0.05, 0) is 88.4 Å². The molecule has 1 spiro atoms. The molecule has 41 heavy (non-hydrogen) atoms. The van der Waals surface area contributed by atoms with Crippen molar-refractivity contribution in [1.29, 1.82) is 0 Å². The highest BCUT2D eigenvalue weighted by Gasteiger charge is 2.37. The van der Waals surface area contributed by atoms with E-state index in [0.29, 0.717) is 62.9 Å². The topological polar surface area (TPSA) is 80.3 Å². The Morgan fingerprint density at radius 2 is 1.76 bits per heavy atom. The number of likely N-dealkylation sites (tertiary alicyclic amines) is 2. The normalized spacial score (nSPS) is 20.5. The molecule has 0 atom stereocenters. The van der Waals surface area contributed by atoms with Crippen LogP contribution in [0, 0.1) is 5.41 Å². The zero-order valence-electron chi connectivity index (χ0n) is 24.3. The lowest BCUT2D eigenvalue weighted by molar-refractivity contribution is 0.0340. The van der Waals surface area contributed by atoms with E-state index in [1.54, 1.807) is 6.07 Å². The number of piperidine rings is 1. The van der Waals surface area contributed by atoms with Gasteiger partial charge in [0, 0.05) is 43.8 Å². The third kappa shape index (κ3) is 8.23. The zero-order valence-corrected chi connectivity index (χ0v) is 24.3. The maximum Gasteiger partial charge on any atom is 0.255 e. The van der Waals surface area contributed by atoms with Gasteiger partial charge in [-0.1, -0.05) is 24.6 Å². The Balaban J connectivity index is 1.18. The van der Waals surface area contributed by atoms with Crippen molar-refractivity contribution in [3.63, 3.8) is 0 Å². The maximum absolute atomic E-state index is 13.5. The number of carbonyl (C=O) groups excluding carboxylic acids is 2. The second kappa shape index (κ2) is 14.7. The standard InChI is InChI=1S/C33H45N3O5/c37-31-29-11-1-2-12-30(29)41-26-33(13-3-6-22-39-24-16-34-31)14-20-36(21-15-33)32(38)27-9-7-10-28(25-27)40-23-8-19-35-17-4-5-18-35/h1-2,7,9-12,25H,3-6,8,13-24,26H2,(H,34,37). The van der Waals surface area contributed by atoms with Crippen molar-refractivity contribution >= 4 is 11.8 Å². The molecule has 0 aliphatic carbocycles. The largest absolute Gasteiger partial charge is 0.494 e. The summed E-state index contributed by atoms with van der Waals surface area (Å²) in [6.45, 7) is 7.70. The Morgan fingerprint density at radius 1 is 0.927 bits per heavy atom. The van der Waals surface area contributed by atoms with Crippen LogP contribution in [0.2, 0.25) is 0 Å². The third-order valence-electron chi connectivity index (χ3n) is 8.72. The van der Waals surface area contributed by atoms with E-state index in [2.05, 4.69) is 10.2 Å². The van der Waals surface area contributed by atoms with Crippen LogP contribution < -0.4 is 14.8 Å². The monoisotopic (exact) mass is 563 g/mol. The fourth-order valence-electron chi connectivity index (χ4n) is 6.19. The average Bonchev–Trinajstić information content (AvgIpc) is 3.53. The smallest absolute Gasteiger partial charge is 0.255 e. The Hall–Kier alpha value is -3.10. The van der Waals surface area contributed by atoms with Crippen molar-refractivity contribution in [3.8, 4) is 11.5 Å². The van der Waals surface area contributed by atoms with Crippen molar-refractivity contribution in [2.45, 2.75) is 51.4 Å². The van der Waals surface area contributed by atoms with Crippen molar-refractivity contribution < 1.29 is 23.8 Å². The van der Waals surface area contributed by atoms with Gasteiger partial charge in [-0.25, -0.2) is 0 Å². The number of hydrogen-bond donors (Lipinski definition) is 1. The van der Waals surface area contributed by atoms with Gasteiger partial charge in [0.15, 0.2) is 0 Å². The van der Waals surface area contributed by atoms with Crippen LogP contribution in [0.1, 0.15) is 72.1 Å². The molecule has 0 radical (unpaired) electrons. The maximum atomic E-state index is 13.5. The van der Waals surface area contributed by atoms with E-state index in [9.17, 15) is 9.59 Å². The van der Waals surface area contributed by atoms with Crippen LogP contribution >= 0.6 is 0 Å². The van der Waals surface area contributed by atoms with Crippen LogP contribution in [-0.2, 0) is 4.74 Å². The number of nitrogens with zero attached hydrogens (tertiary/aromatic N) is 2. The van der Waals surface area contributed by atoms with E-state index in [-0.39, 0.29) is 17.2 Å². The number of amides is 2. The number of nitrogens with one attached hydrogen (secondary N) is 1. The molecule has 3 heterocycles. The summed E-state index contributed by atoms with van der Waals surface area (Å²) in [7, 11) is 0. The number of benzene rings is 2. The highest BCUT2D eigenvalue weighted by atomic mass is 16.5. The minimum absolute atomic E-state index is 0.0508. The molecule has 1 N–H and O–H groups in total. The zero-order chi connectivity index (χ0) is 28.3. The quantitative estimate of drug-likeness (QED) is 0.510. The fraction of sp³-hybridized carbons (Fsp3) is 0.576. The Labute approximate surface area is 244 Å². The van der Waals surface area contributed by atoms with Crippen molar-refractivity contribution in [3.05, 3.63) is 59.7 Å². The Kier molecular flexibility index (Phi) is 10.5. The highest BCUT2D eigenvalue weighted by Crippen LogP contribution is 2.38. The first-order valence-corrected chi connectivity index (χ1v) is 15.4. The summed E-state index contributed by atoms with van der Waals surface area (Å²) >= 11 is 0. The molecule has 2 aromatic carbocycles. The predicted octanol–water partition coefficient (Wildman–Crippen LogP) is 4.78. The van der Waals surface area contributed by atoms with Crippen LogP contribution in [0.5, 0.6) is 11.5 Å². The summed E-state index contributed by atoms with van der Waals surface area (Å²) in [6, 6.07) is 15.0. The van der Waals surface area contributed by atoms with Gasteiger partial charge in [-0.2, -0.15) is 0 Å². The van der Waals surface area contributed by atoms with Crippen molar-refractivity contribution in [2.24, 2.45) is 5.41 Å². The summed E-state index contributed by atoms with van der Waals surface area (Å²) in [4.78, 5) is 30.7. The first kappa shape index (κ1) is 29.4. The second-order valence-corrected chi connectivity index (χ2v) is 11.7. The molecule has 2 aromatic rings. The van der Waals surface area contributed by atoms with Gasteiger partial charge in [0.05, 0.1) is 25.4 Å². The molecule has 2 fully saturated rings. The summed E-state index contributed by atoms with van der Waals surface area (Å²) < 4.78 is 18.1. The third-order valence-corrected chi connectivity index (χ3v) is 8.72. The van der Waals surface area contributed by atoms with Crippen molar-refractivity contribution in [1.82, 2.24) is 15.1 Å². The molecular weight excluding hydrogens is 518 g/mol. The average molecular weight is 564 g/mol. The first-order valence-electron chi connectivity index (χ1n) is 15.4. The highest BCUT2D eigenvalue weighted by molar-refractivity contribution is 5.97. The molecule has 8 heteroatoms. The lowest BCUT2D eigenvalue weighted by Gasteiger charge is -2.42. The van der Waals surface area contributed by atoms with E-state index in [1.165, 1.54) is 25.9 Å². The van der Waals surface area contributed by atoms with Crippen LogP contribution in [0.25, 0.3) is 0 Å². The number of para-hydroxylation sites is 1. The van der Waals surface area contributed by atoms with E-state index in [1.807, 2.05) is 47.4 Å². The van der Waals surface area contributed by atoms with Crippen LogP contribution in [0.15, 0.2) is 48.5 Å². The summed E-state index contributed by atoms with van der Waals surface area (Å²) in [5, 5.41) is 2.93. The molecule has 0 saturated carbocycles. The molecular formula is C33H45N3O5. The van der Waals surface area contributed by atoms with Crippen LogP contribution in [0.4, 0.5) is 0 Å². The summed E-state index contributed by atoms with van der Waals surface area (Å²) in [5.74, 6) is 1.28. The second-order valence-electron chi connectivity index (χ2n) is 11.7. The lowest BCUT2D eigenvalue weighted by Crippen LogP contribution is -2.45. The first-order chi connectivity index (χ1) is 20.1. The number of fused-ring (bicyclic) bond motifs is 1. The SMILES string of the molecule is O=C1NCCOCCCCC2(CCN(C(=O)c3cccc(OCCCN4CCCC4)c3)CC2)COc2ccccc21. The number of ether oxygens (including phenoxy) is 3. The van der Waals surface area contributed by atoms with Gasteiger partial charge in [-0.3, -0.25) is 9.59 Å². The predicted molar refractivity (Wildman–Crippen MR) is 159 cm³/mol. The number of hydrogen-bond acceptors (Lipinski definition) is 6. The molecule has 8 nitrogen and oxygen atoms in total. The van der Waals surface area contributed by atoms with Gasteiger partial charge in [0.25, 0.3) is 11.8 Å². The molecule has 2 amide bonds. The number of rotatable bonds is 6. The van der Waals surface area contributed by atoms with E-state index >= 15 is 0 Å². The van der Waals surface area contributed by atoms with Gasteiger partial charge >= 0.3 is 0 Å². The minimum Gasteiger partial charge on any atom is -0.494 e. The van der Waals surface area contributed by atoms with Crippen LogP contribution in [0.3, 0.4) is 0 Å². The molecule has 222 valence electrons. The summed E-state index contributed by atoms with van der Waals surface area (Å²) in [5.41, 5.74) is 1.17. The van der Waals surface area contributed by atoms with Gasteiger partial charge < -0.3 is 29.3 Å². The fourth-order valence-corrected chi connectivity index (χ4v) is 6.19. The van der Waals surface area contributed by atoms with Crippen LogP contribution in [-0.4, -0.2) is 87.3 Å². The number of carbonyl (C=O) groups is 2. The van der Waals surface area contributed by atoms with E-state index in [0.717, 1.165) is 50.8 Å². The molecule has 2 saturated heterocycles. The van der Waals surface area contributed by atoms with Gasteiger partial charge in [0.1, 0.15) is 11.5 Å². The summed E-state index contributed by atoms with van der Waals surface area (Å²) in [6.07, 6.45) is 8.35. The van der Waals surface area contributed by atoms with Gasteiger partial charge in [0.2, 0.25) is 0 Å². The Bertz CT molecular complexity index is 1140. The molecule has 0 bridgehead atoms. The lowest BCUT2D eigenvalue weighted by atomic mass is 9.75. The molecule has 3 aliphatic heterocycles.